The third-order valence-electron chi connectivity index (χ3n) is 15.0. The molecule has 0 radical (unpaired) electrons. The van der Waals surface area contributed by atoms with Crippen molar-refractivity contribution >= 4 is 39.5 Å². The van der Waals surface area contributed by atoms with E-state index in [1.165, 1.54) is 141 Å². The Morgan fingerprint density at radius 2 is 0.548 bits per heavy atom. The smallest absolute Gasteiger partial charge is 0.462 e. The van der Waals surface area contributed by atoms with Crippen LogP contribution in [0.3, 0.4) is 0 Å². The highest BCUT2D eigenvalue weighted by molar-refractivity contribution is 7.47. The first-order valence-electron chi connectivity index (χ1n) is 34.1. The lowest BCUT2D eigenvalue weighted by Gasteiger charge is -2.21. The highest BCUT2D eigenvalue weighted by Crippen LogP contribution is 2.45. The van der Waals surface area contributed by atoms with Crippen molar-refractivity contribution in [3.63, 3.8) is 0 Å². The molecule has 0 saturated heterocycles. The Labute approximate surface area is 511 Å². The zero-order chi connectivity index (χ0) is 62.0. The summed E-state index contributed by atoms with van der Waals surface area (Å²) in [5.41, 5.74) is 0. The van der Waals surface area contributed by atoms with Crippen LogP contribution in [0.15, 0.2) is 0 Å². The molecule has 17 nitrogen and oxygen atoms in total. The largest absolute Gasteiger partial charge is 0.472 e. The molecule has 0 fully saturated rings. The SMILES string of the molecule is CCCCCCCCCCCCCCCCC(=O)O[C@H](COC(=O)CCCCCCCCCCCCC(C)C)COP(=O)(O)OC[C@@H](O)COP(=O)(O)OC[C@@H](COC(=O)CCCCCCCCC)OC(=O)CCCCCCCCCCCC. The molecule has 19 heteroatoms. The molecule has 0 aromatic heterocycles. The first kappa shape index (κ1) is 82.1. The minimum atomic E-state index is -4.94. The fourth-order valence-electron chi connectivity index (χ4n) is 9.76. The monoisotopic (exact) mass is 1240 g/mol. The van der Waals surface area contributed by atoms with Crippen LogP contribution in [-0.4, -0.2) is 96.7 Å². The number of aliphatic hydroxyl groups is 1. The summed E-state index contributed by atoms with van der Waals surface area (Å²) in [6, 6.07) is 0. The predicted octanol–water partition coefficient (Wildman–Crippen LogP) is 18.2. The summed E-state index contributed by atoms with van der Waals surface area (Å²) in [5, 5.41) is 10.5. The standard InChI is InChI=1S/C65H126O17P2/c1-6-9-12-15-18-20-22-23-24-25-31-36-41-46-51-65(70)82-61(55-76-63(68)49-44-39-34-30-27-26-28-33-37-42-47-58(4)5)57-80-84(73,74)78-53-59(66)52-77-83(71,72)79-56-60(54-75-62(67)48-43-38-32-17-14-11-8-3)81-64(69)50-45-40-35-29-21-19-16-13-10-7-2/h58-61,66H,6-57H2,1-5H3,(H,71,72)(H,73,74)/t59-,60+,61+/m0/s1. The second-order valence-electron chi connectivity index (χ2n) is 24.0. The van der Waals surface area contributed by atoms with E-state index in [9.17, 15) is 43.2 Å². The number of hydrogen-bond acceptors (Lipinski definition) is 15. The second kappa shape index (κ2) is 58.7. The number of rotatable bonds is 65. The summed E-state index contributed by atoms with van der Waals surface area (Å²) in [7, 11) is -9.88. The fraction of sp³-hybridized carbons (Fsp3) is 0.938. The molecule has 0 aromatic carbocycles. The van der Waals surface area contributed by atoms with Gasteiger partial charge in [0.25, 0.3) is 0 Å². The molecule has 2 unspecified atom stereocenters. The summed E-state index contributed by atoms with van der Waals surface area (Å²) in [4.78, 5) is 72.2. The molecule has 0 rings (SSSR count). The van der Waals surface area contributed by atoms with E-state index in [2.05, 4.69) is 34.6 Å². The summed E-state index contributed by atoms with van der Waals surface area (Å²) in [5.74, 6) is -1.37. The van der Waals surface area contributed by atoms with Crippen molar-refractivity contribution in [2.75, 3.05) is 39.6 Å². The second-order valence-corrected chi connectivity index (χ2v) is 26.9. The van der Waals surface area contributed by atoms with Crippen LogP contribution in [0.25, 0.3) is 0 Å². The van der Waals surface area contributed by atoms with E-state index < -0.39 is 97.5 Å². The minimum Gasteiger partial charge on any atom is -0.462 e. The van der Waals surface area contributed by atoms with Gasteiger partial charge >= 0.3 is 39.5 Å². The van der Waals surface area contributed by atoms with Crippen LogP contribution in [0.5, 0.6) is 0 Å². The minimum absolute atomic E-state index is 0.106. The Morgan fingerprint density at radius 1 is 0.321 bits per heavy atom. The van der Waals surface area contributed by atoms with Crippen LogP contribution in [-0.2, 0) is 65.4 Å². The third kappa shape index (κ3) is 59.0. The van der Waals surface area contributed by atoms with Gasteiger partial charge in [0.05, 0.1) is 26.4 Å². The third-order valence-corrected chi connectivity index (χ3v) is 16.9. The van der Waals surface area contributed by atoms with E-state index in [0.717, 1.165) is 109 Å². The van der Waals surface area contributed by atoms with E-state index in [1.54, 1.807) is 0 Å². The van der Waals surface area contributed by atoms with Gasteiger partial charge in [-0.25, -0.2) is 9.13 Å². The van der Waals surface area contributed by atoms with Gasteiger partial charge < -0.3 is 33.8 Å². The van der Waals surface area contributed by atoms with Crippen molar-refractivity contribution in [2.45, 2.75) is 348 Å². The molecule has 0 aliphatic carbocycles. The molecule has 0 spiro atoms. The Morgan fingerprint density at radius 3 is 0.810 bits per heavy atom. The summed E-state index contributed by atoms with van der Waals surface area (Å²) in [6.45, 7) is 7.16. The van der Waals surface area contributed by atoms with Crippen molar-refractivity contribution < 1.29 is 80.2 Å². The molecule has 0 aromatic rings. The molecule has 0 bridgehead atoms. The molecule has 84 heavy (non-hydrogen) atoms. The maximum absolute atomic E-state index is 13.0. The molecule has 0 aliphatic rings. The zero-order valence-corrected chi connectivity index (χ0v) is 55.8. The molecular formula is C65H126O17P2. The van der Waals surface area contributed by atoms with Gasteiger partial charge in [-0.15, -0.1) is 0 Å². The fourth-order valence-corrected chi connectivity index (χ4v) is 11.3. The van der Waals surface area contributed by atoms with Crippen molar-refractivity contribution in [3.05, 3.63) is 0 Å². The highest BCUT2D eigenvalue weighted by atomic mass is 31.2. The number of aliphatic hydroxyl groups excluding tert-OH is 1. The lowest BCUT2D eigenvalue weighted by molar-refractivity contribution is -0.161. The van der Waals surface area contributed by atoms with Gasteiger partial charge in [0.1, 0.15) is 19.3 Å². The van der Waals surface area contributed by atoms with Gasteiger partial charge in [0.15, 0.2) is 12.2 Å². The molecule has 0 saturated carbocycles. The van der Waals surface area contributed by atoms with Crippen LogP contribution in [0.4, 0.5) is 0 Å². The average Bonchev–Trinajstić information content (AvgIpc) is 3.58. The first-order valence-corrected chi connectivity index (χ1v) is 37.1. The highest BCUT2D eigenvalue weighted by Gasteiger charge is 2.30. The lowest BCUT2D eigenvalue weighted by atomic mass is 10.0. The number of esters is 4. The van der Waals surface area contributed by atoms with Crippen LogP contribution < -0.4 is 0 Å². The number of ether oxygens (including phenoxy) is 4. The van der Waals surface area contributed by atoms with E-state index >= 15 is 0 Å². The Kier molecular flexibility index (Phi) is 57.4. The molecule has 0 aliphatic heterocycles. The van der Waals surface area contributed by atoms with Gasteiger partial charge in [-0.3, -0.25) is 37.3 Å². The number of unbranched alkanes of at least 4 members (excludes halogenated alkanes) is 37. The normalized spacial score (nSPS) is 14.2. The van der Waals surface area contributed by atoms with E-state index in [1.807, 2.05) is 0 Å². The van der Waals surface area contributed by atoms with Crippen molar-refractivity contribution in [3.8, 4) is 0 Å². The van der Waals surface area contributed by atoms with Crippen LogP contribution in [0, 0.1) is 5.92 Å². The van der Waals surface area contributed by atoms with Gasteiger partial charge in [-0.2, -0.15) is 0 Å². The number of carbonyl (C=O) groups excluding carboxylic acids is 4. The van der Waals surface area contributed by atoms with Crippen molar-refractivity contribution in [2.24, 2.45) is 5.92 Å². The molecular weight excluding hydrogens is 1110 g/mol. The first-order chi connectivity index (χ1) is 40.5. The van der Waals surface area contributed by atoms with Crippen molar-refractivity contribution in [1.29, 1.82) is 0 Å². The number of phosphoric acid groups is 2. The van der Waals surface area contributed by atoms with E-state index in [-0.39, 0.29) is 25.7 Å². The molecule has 0 heterocycles. The summed E-state index contributed by atoms with van der Waals surface area (Å²) >= 11 is 0. The Balaban J connectivity index is 5.21. The zero-order valence-electron chi connectivity index (χ0n) is 54.0. The maximum Gasteiger partial charge on any atom is 0.472 e. The molecule has 3 N–H and O–H groups in total. The van der Waals surface area contributed by atoms with Crippen LogP contribution in [0.1, 0.15) is 330 Å². The summed E-state index contributed by atoms with van der Waals surface area (Å²) < 4.78 is 68.0. The maximum atomic E-state index is 13.0. The van der Waals surface area contributed by atoms with Crippen molar-refractivity contribution in [1.82, 2.24) is 0 Å². The number of phosphoric ester groups is 2. The lowest BCUT2D eigenvalue weighted by Crippen LogP contribution is -2.30. The van der Waals surface area contributed by atoms with Gasteiger partial charge in [-0.1, -0.05) is 279 Å². The van der Waals surface area contributed by atoms with Gasteiger partial charge in [-0.05, 0) is 31.6 Å². The Hall–Kier alpha value is -1.94. The number of hydrogen-bond donors (Lipinski definition) is 3. The van der Waals surface area contributed by atoms with Crippen LogP contribution >= 0.6 is 15.6 Å². The van der Waals surface area contributed by atoms with Crippen LogP contribution in [0.2, 0.25) is 0 Å². The number of carbonyl (C=O) groups is 4. The molecule has 498 valence electrons. The predicted molar refractivity (Wildman–Crippen MR) is 335 cm³/mol. The quantitative estimate of drug-likeness (QED) is 0.0222. The Bertz CT molecular complexity index is 1640. The topological polar surface area (TPSA) is 237 Å². The van der Waals surface area contributed by atoms with Gasteiger partial charge in [0.2, 0.25) is 0 Å². The average molecular weight is 1240 g/mol. The molecule has 5 atom stereocenters. The van der Waals surface area contributed by atoms with E-state index in [4.69, 9.17) is 37.0 Å². The van der Waals surface area contributed by atoms with Gasteiger partial charge in [0, 0.05) is 25.7 Å². The summed E-state index contributed by atoms with van der Waals surface area (Å²) in [6.07, 6.45) is 43.1. The van der Waals surface area contributed by atoms with E-state index in [0.29, 0.717) is 25.7 Å². The molecule has 0 amide bonds.